The van der Waals surface area contributed by atoms with Gasteiger partial charge in [-0.25, -0.2) is 27.5 Å². The Hall–Kier alpha value is -2.06. The van der Waals surface area contributed by atoms with E-state index in [-0.39, 0.29) is 23.1 Å². The maximum absolute atomic E-state index is 12.7. The third-order valence-corrected chi connectivity index (χ3v) is 3.79. The van der Waals surface area contributed by atoms with Gasteiger partial charge in [0.05, 0.1) is 6.20 Å². The van der Waals surface area contributed by atoms with E-state index in [0.717, 1.165) is 12.5 Å². The molecule has 0 bridgehead atoms. The van der Waals surface area contributed by atoms with Crippen LogP contribution in [0.3, 0.4) is 0 Å². The molecule has 1 aromatic heterocycles. The zero-order valence-electron chi connectivity index (χ0n) is 9.75. The summed E-state index contributed by atoms with van der Waals surface area (Å²) in [5.41, 5.74) is 6.10. The van der Waals surface area contributed by atoms with Crippen LogP contribution in [0.5, 0.6) is 0 Å². The molecule has 6 nitrogen and oxygen atoms in total. The highest BCUT2D eigenvalue weighted by Crippen LogP contribution is 2.13. The molecule has 0 aliphatic carbocycles. The first-order valence-corrected chi connectivity index (χ1v) is 6.77. The van der Waals surface area contributed by atoms with E-state index in [4.69, 9.17) is 5.73 Å². The maximum atomic E-state index is 12.7. The van der Waals surface area contributed by atoms with Gasteiger partial charge in [0.15, 0.2) is 0 Å². The summed E-state index contributed by atoms with van der Waals surface area (Å²) in [5.74, 6) is -0.506. The third-order valence-electron chi connectivity index (χ3n) is 2.38. The Kier molecular flexibility index (Phi) is 3.72. The van der Waals surface area contributed by atoms with Crippen LogP contribution in [0.25, 0.3) is 0 Å². The van der Waals surface area contributed by atoms with Crippen LogP contribution in [0.2, 0.25) is 0 Å². The van der Waals surface area contributed by atoms with Gasteiger partial charge in [0.25, 0.3) is 0 Å². The lowest BCUT2D eigenvalue weighted by Gasteiger charge is -2.07. The van der Waals surface area contributed by atoms with Gasteiger partial charge in [-0.3, -0.25) is 0 Å². The normalized spacial score (nSPS) is 11.4. The highest BCUT2D eigenvalue weighted by atomic mass is 32.2. The molecule has 3 N–H and O–H groups in total. The number of benzene rings is 1. The van der Waals surface area contributed by atoms with Crippen molar-refractivity contribution in [2.24, 2.45) is 0 Å². The summed E-state index contributed by atoms with van der Waals surface area (Å²) in [7, 11) is -3.79. The van der Waals surface area contributed by atoms with Crippen molar-refractivity contribution < 1.29 is 12.8 Å². The fraction of sp³-hybridized carbons (Fsp3) is 0.0909. The van der Waals surface area contributed by atoms with E-state index < -0.39 is 10.0 Å². The Bertz CT molecular complexity index is 673. The van der Waals surface area contributed by atoms with Gasteiger partial charge >= 0.3 is 0 Å². The summed E-state index contributed by atoms with van der Waals surface area (Å²) >= 11 is 0. The summed E-state index contributed by atoms with van der Waals surface area (Å²) < 4.78 is 38.9. The van der Waals surface area contributed by atoms with Crippen molar-refractivity contribution in [1.82, 2.24) is 14.7 Å². The Morgan fingerprint density at radius 2 is 1.95 bits per heavy atom. The topological polar surface area (TPSA) is 98.0 Å². The maximum Gasteiger partial charge on any atom is 0.246 e. The summed E-state index contributed by atoms with van der Waals surface area (Å²) in [6, 6.07) is 5.48. The van der Waals surface area contributed by atoms with Crippen LogP contribution in [-0.2, 0) is 16.6 Å². The van der Waals surface area contributed by atoms with E-state index in [2.05, 4.69) is 14.7 Å². The molecule has 8 heteroatoms. The van der Waals surface area contributed by atoms with E-state index in [0.29, 0.717) is 5.56 Å². The number of nitrogens with zero attached hydrogens (tertiary/aromatic N) is 2. The van der Waals surface area contributed by atoms with Crippen molar-refractivity contribution in [3.05, 3.63) is 48.2 Å². The first-order valence-electron chi connectivity index (χ1n) is 5.28. The molecule has 0 amide bonds. The van der Waals surface area contributed by atoms with Crippen LogP contribution in [0, 0.1) is 5.82 Å². The molecule has 0 aliphatic heterocycles. The number of sulfonamides is 1. The molecule has 0 radical (unpaired) electrons. The Morgan fingerprint density at radius 1 is 1.26 bits per heavy atom. The van der Waals surface area contributed by atoms with E-state index in [1.807, 2.05) is 0 Å². The SMILES string of the molecule is Nc1ncncc1S(=O)(=O)NCc1ccc(F)cc1. The van der Waals surface area contributed by atoms with Gasteiger partial charge in [0.1, 0.15) is 22.9 Å². The number of aromatic nitrogens is 2. The van der Waals surface area contributed by atoms with E-state index >= 15 is 0 Å². The average molecular weight is 282 g/mol. The third kappa shape index (κ3) is 3.24. The van der Waals surface area contributed by atoms with Crippen molar-refractivity contribution in [3.8, 4) is 0 Å². The Balaban J connectivity index is 2.14. The van der Waals surface area contributed by atoms with Crippen LogP contribution >= 0.6 is 0 Å². The minimum absolute atomic E-state index is 0.0247. The second-order valence-corrected chi connectivity index (χ2v) is 5.46. The monoisotopic (exact) mass is 282 g/mol. The molecule has 1 aromatic carbocycles. The second-order valence-electron chi connectivity index (χ2n) is 3.72. The van der Waals surface area contributed by atoms with Gasteiger partial charge in [0.2, 0.25) is 10.0 Å². The van der Waals surface area contributed by atoms with E-state index in [1.165, 1.54) is 24.3 Å². The molecular weight excluding hydrogens is 271 g/mol. The predicted octanol–water partition coefficient (Wildman–Crippen LogP) is 0.676. The van der Waals surface area contributed by atoms with Crippen LogP contribution in [-0.4, -0.2) is 18.4 Å². The molecule has 1 heterocycles. The second kappa shape index (κ2) is 5.29. The zero-order valence-corrected chi connectivity index (χ0v) is 10.6. The number of nitrogens with two attached hydrogens (primary N) is 1. The van der Waals surface area contributed by atoms with Gasteiger partial charge in [-0.15, -0.1) is 0 Å². The highest BCUT2D eigenvalue weighted by molar-refractivity contribution is 7.89. The van der Waals surface area contributed by atoms with Crippen molar-refractivity contribution >= 4 is 15.8 Å². The van der Waals surface area contributed by atoms with Crippen LogP contribution in [0.1, 0.15) is 5.56 Å². The molecule has 2 rings (SSSR count). The van der Waals surface area contributed by atoms with Crippen molar-refractivity contribution in [3.63, 3.8) is 0 Å². The number of nitrogen functional groups attached to an aromatic ring is 1. The van der Waals surface area contributed by atoms with E-state index in [1.54, 1.807) is 0 Å². The number of nitrogens with one attached hydrogen (secondary N) is 1. The number of anilines is 1. The summed E-state index contributed by atoms with van der Waals surface area (Å²) in [6.07, 6.45) is 2.28. The minimum atomic E-state index is -3.79. The minimum Gasteiger partial charge on any atom is -0.382 e. The molecule has 0 saturated heterocycles. The standard InChI is InChI=1S/C11H11FN4O2S/c12-9-3-1-8(2-4-9)5-16-19(17,18)10-6-14-7-15-11(10)13/h1-4,6-7,16H,5H2,(H2,13,14,15). The fourth-order valence-electron chi connectivity index (χ4n) is 1.39. The molecule has 100 valence electrons. The molecule has 0 aliphatic rings. The molecular formula is C11H11FN4O2S. The quantitative estimate of drug-likeness (QED) is 0.859. The molecule has 19 heavy (non-hydrogen) atoms. The van der Waals surface area contributed by atoms with Gasteiger partial charge in [-0.05, 0) is 17.7 Å². The largest absolute Gasteiger partial charge is 0.382 e. The first-order chi connectivity index (χ1) is 8.99. The van der Waals surface area contributed by atoms with Gasteiger partial charge in [0, 0.05) is 6.54 Å². The number of halogens is 1. The van der Waals surface area contributed by atoms with Crippen molar-refractivity contribution in [2.75, 3.05) is 5.73 Å². The highest BCUT2D eigenvalue weighted by Gasteiger charge is 2.18. The van der Waals surface area contributed by atoms with E-state index in [9.17, 15) is 12.8 Å². The molecule has 0 fully saturated rings. The molecule has 2 aromatic rings. The van der Waals surface area contributed by atoms with Gasteiger partial charge in [-0.1, -0.05) is 12.1 Å². The summed E-state index contributed by atoms with van der Waals surface area (Å²) in [4.78, 5) is 7.05. The lowest BCUT2D eigenvalue weighted by Crippen LogP contribution is -2.24. The first kappa shape index (κ1) is 13.4. The van der Waals surface area contributed by atoms with Crippen LogP contribution in [0.15, 0.2) is 41.7 Å². The van der Waals surface area contributed by atoms with Crippen molar-refractivity contribution in [2.45, 2.75) is 11.4 Å². The molecule has 0 saturated carbocycles. The molecule has 0 unspecified atom stereocenters. The average Bonchev–Trinajstić information content (AvgIpc) is 2.38. The fourth-order valence-corrected chi connectivity index (χ4v) is 2.43. The lowest BCUT2D eigenvalue weighted by molar-refractivity contribution is 0.580. The number of hydrogen-bond donors (Lipinski definition) is 2. The Morgan fingerprint density at radius 3 is 2.58 bits per heavy atom. The molecule has 0 atom stereocenters. The zero-order chi connectivity index (χ0) is 13.9. The summed E-state index contributed by atoms with van der Waals surface area (Å²) in [5, 5.41) is 0. The lowest BCUT2D eigenvalue weighted by atomic mass is 10.2. The van der Waals surface area contributed by atoms with Crippen LogP contribution < -0.4 is 10.5 Å². The molecule has 0 spiro atoms. The number of hydrogen-bond acceptors (Lipinski definition) is 5. The summed E-state index contributed by atoms with van der Waals surface area (Å²) in [6.45, 7) is 0.0247. The Labute approximate surface area is 109 Å². The smallest absolute Gasteiger partial charge is 0.246 e. The van der Waals surface area contributed by atoms with Gasteiger partial charge in [-0.2, -0.15) is 0 Å². The van der Waals surface area contributed by atoms with Gasteiger partial charge < -0.3 is 5.73 Å². The van der Waals surface area contributed by atoms with Crippen LogP contribution in [0.4, 0.5) is 10.2 Å². The number of rotatable bonds is 4. The van der Waals surface area contributed by atoms with Crippen molar-refractivity contribution in [1.29, 1.82) is 0 Å². The predicted molar refractivity (Wildman–Crippen MR) is 66.9 cm³/mol.